The average Bonchev–Trinajstić information content (AvgIpc) is 3.20. The van der Waals surface area contributed by atoms with Gasteiger partial charge in [-0.15, -0.1) is 0 Å². The van der Waals surface area contributed by atoms with Crippen LogP contribution >= 0.6 is 0 Å². The highest BCUT2D eigenvalue weighted by Crippen LogP contribution is 2.24. The van der Waals surface area contributed by atoms with Crippen LogP contribution in [0.3, 0.4) is 0 Å². The van der Waals surface area contributed by atoms with E-state index in [1.165, 1.54) is 0 Å². The van der Waals surface area contributed by atoms with Crippen LogP contribution in [-0.2, 0) is 25.3 Å². The molecule has 7 heteroatoms. The van der Waals surface area contributed by atoms with E-state index in [1.807, 2.05) is 43.8 Å². The van der Waals surface area contributed by atoms with Crippen LogP contribution in [0.2, 0.25) is 0 Å². The molecule has 0 saturated carbocycles. The van der Waals surface area contributed by atoms with Gasteiger partial charge in [-0.3, -0.25) is 14.4 Å². The first-order chi connectivity index (χ1) is 11.6. The second-order valence-electron chi connectivity index (χ2n) is 6.40. The summed E-state index contributed by atoms with van der Waals surface area (Å²) in [6.45, 7) is 5.53. The number of rotatable bonds is 5. The van der Waals surface area contributed by atoms with Crippen molar-refractivity contribution in [3.05, 3.63) is 36.2 Å². The molecule has 3 heterocycles. The first-order valence-corrected chi connectivity index (χ1v) is 8.55. The third-order valence-corrected chi connectivity index (χ3v) is 4.79. The molecule has 3 rings (SSSR count). The van der Waals surface area contributed by atoms with Crippen molar-refractivity contribution >= 4 is 5.91 Å². The molecule has 1 amide bonds. The topological polar surface area (TPSA) is 59.2 Å². The highest BCUT2D eigenvalue weighted by Gasteiger charge is 2.31. The van der Waals surface area contributed by atoms with Crippen molar-refractivity contribution in [1.82, 2.24) is 29.1 Å². The van der Waals surface area contributed by atoms with Gasteiger partial charge in [0.15, 0.2) is 0 Å². The summed E-state index contributed by atoms with van der Waals surface area (Å²) in [7, 11) is 3.91. The van der Waals surface area contributed by atoms with Crippen molar-refractivity contribution in [3.63, 3.8) is 0 Å². The fourth-order valence-corrected chi connectivity index (χ4v) is 3.38. The van der Waals surface area contributed by atoms with Crippen molar-refractivity contribution in [2.75, 3.05) is 26.2 Å². The number of nitrogens with zero attached hydrogens (tertiary/aromatic N) is 6. The predicted octanol–water partition coefficient (Wildman–Crippen LogP) is 0.992. The lowest BCUT2D eigenvalue weighted by Gasteiger charge is -2.40. The molecule has 0 spiro atoms. The van der Waals surface area contributed by atoms with E-state index in [0.29, 0.717) is 13.0 Å². The normalized spacial score (nSPS) is 19.0. The van der Waals surface area contributed by atoms with Crippen LogP contribution in [0.4, 0.5) is 0 Å². The Hall–Kier alpha value is -2.15. The maximum atomic E-state index is 12.6. The Morgan fingerprint density at radius 3 is 2.79 bits per heavy atom. The number of carbonyl (C=O) groups is 1. The zero-order valence-corrected chi connectivity index (χ0v) is 14.7. The molecule has 1 fully saturated rings. The summed E-state index contributed by atoms with van der Waals surface area (Å²) in [5.74, 6) is 1.25. The Balaban J connectivity index is 1.64. The Kier molecular flexibility index (Phi) is 4.99. The lowest BCUT2D eigenvalue weighted by Crippen LogP contribution is -2.51. The van der Waals surface area contributed by atoms with Crippen LogP contribution in [0.15, 0.2) is 24.8 Å². The Labute approximate surface area is 142 Å². The SMILES string of the molecule is CCN1CCN(C(=O)CCc2cnn(C)c2)CC1c1nccn1C. The number of likely N-dealkylation sites (N-methyl/N-ethyl adjacent to an activating group) is 1. The number of imidazole rings is 1. The molecule has 0 radical (unpaired) electrons. The number of carbonyl (C=O) groups excluding carboxylic acids is 1. The zero-order valence-electron chi connectivity index (χ0n) is 14.7. The largest absolute Gasteiger partial charge is 0.339 e. The Morgan fingerprint density at radius 2 is 2.17 bits per heavy atom. The monoisotopic (exact) mass is 330 g/mol. The summed E-state index contributed by atoms with van der Waals surface area (Å²) in [4.78, 5) is 21.5. The smallest absolute Gasteiger partial charge is 0.223 e. The molecule has 0 aromatic carbocycles. The molecule has 2 aromatic heterocycles. The Bertz CT molecular complexity index is 691. The lowest BCUT2D eigenvalue weighted by atomic mass is 10.1. The molecular weight excluding hydrogens is 304 g/mol. The van der Waals surface area contributed by atoms with Crippen molar-refractivity contribution in [1.29, 1.82) is 0 Å². The summed E-state index contributed by atoms with van der Waals surface area (Å²) in [5, 5.41) is 4.16. The molecular formula is C17H26N6O. The molecule has 0 N–H and O–H groups in total. The molecule has 0 aliphatic carbocycles. The molecule has 0 bridgehead atoms. The van der Waals surface area contributed by atoms with Crippen molar-refractivity contribution in [2.24, 2.45) is 14.1 Å². The van der Waals surface area contributed by atoms with Crippen LogP contribution in [-0.4, -0.2) is 61.2 Å². The minimum Gasteiger partial charge on any atom is -0.339 e. The minimum atomic E-state index is 0.172. The summed E-state index contributed by atoms with van der Waals surface area (Å²) in [6.07, 6.45) is 8.87. The fraction of sp³-hybridized carbons (Fsp3) is 0.588. The van der Waals surface area contributed by atoms with Crippen molar-refractivity contribution in [3.8, 4) is 0 Å². The fourth-order valence-electron chi connectivity index (χ4n) is 3.38. The maximum absolute atomic E-state index is 12.6. The van der Waals surface area contributed by atoms with Gasteiger partial charge in [0, 0.05) is 58.7 Å². The molecule has 7 nitrogen and oxygen atoms in total. The number of aryl methyl sites for hydroxylation is 3. The maximum Gasteiger partial charge on any atom is 0.223 e. The highest BCUT2D eigenvalue weighted by molar-refractivity contribution is 5.76. The van der Waals surface area contributed by atoms with E-state index >= 15 is 0 Å². The summed E-state index contributed by atoms with van der Waals surface area (Å²) < 4.78 is 3.83. The minimum absolute atomic E-state index is 0.172. The number of amides is 1. The van der Waals surface area contributed by atoms with Gasteiger partial charge in [-0.2, -0.15) is 5.10 Å². The molecule has 1 saturated heterocycles. The summed E-state index contributed by atoms with van der Waals surface area (Å²) in [5.41, 5.74) is 1.11. The third-order valence-electron chi connectivity index (χ3n) is 4.79. The van der Waals surface area contributed by atoms with Crippen LogP contribution in [0.25, 0.3) is 0 Å². The predicted molar refractivity (Wildman–Crippen MR) is 91.3 cm³/mol. The van der Waals surface area contributed by atoms with E-state index in [4.69, 9.17) is 0 Å². The molecule has 24 heavy (non-hydrogen) atoms. The highest BCUT2D eigenvalue weighted by atomic mass is 16.2. The standard InChI is InChI=1S/C17H26N6O/c1-4-22-9-10-23(13-15(22)17-18-7-8-20(17)2)16(24)6-5-14-11-19-21(3)12-14/h7-8,11-12,15H,4-6,9-10,13H2,1-3H3. The van der Waals surface area contributed by atoms with Crippen LogP contribution in [0.1, 0.15) is 30.8 Å². The number of hydrogen-bond donors (Lipinski definition) is 0. The van der Waals surface area contributed by atoms with Crippen LogP contribution in [0, 0.1) is 0 Å². The number of piperazine rings is 1. The van der Waals surface area contributed by atoms with Crippen molar-refractivity contribution < 1.29 is 4.79 Å². The first kappa shape index (κ1) is 16.7. The van der Waals surface area contributed by atoms with Gasteiger partial charge in [0.2, 0.25) is 5.91 Å². The molecule has 130 valence electrons. The average molecular weight is 330 g/mol. The second-order valence-corrected chi connectivity index (χ2v) is 6.40. The van der Waals surface area contributed by atoms with Gasteiger partial charge >= 0.3 is 0 Å². The van der Waals surface area contributed by atoms with Crippen LogP contribution in [0.5, 0.6) is 0 Å². The van der Waals surface area contributed by atoms with Crippen molar-refractivity contribution in [2.45, 2.75) is 25.8 Å². The quantitative estimate of drug-likeness (QED) is 0.820. The van der Waals surface area contributed by atoms with Gasteiger partial charge < -0.3 is 9.47 Å². The second kappa shape index (κ2) is 7.17. The first-order valence-electron chi connectivity index (χ1n) is 8.55. The Morgan fingerprint density at radius 1 is 1.33 bits per heavy atom. The van der Waals surface area contributed by atoms with Gasteiger partial charge in [0.1, 0.15) is 5.82 Å². The summed E-state index contributed by atoms with van der Waals surface area (Å²) >= 11 is 0. The molecule has 1 unspecified atom stereocenters. The zero-order chi connectivity index (χ0) is 17.1. The molecule has 1 atom stereocenters. The van der Waals surface area contributed by atoms with E-state index in [1.54, 1.807) is 4.68 Å². The van der Waals surface area contributed by atoms with Gasteiger partial charge in [-0.05, 0) is 18.5 Å². The number of hydrogen-bond acceptors (Lipinski definition) is 4. The molecule has 1 aliphatic rings. The van der Waals surface area contributed by atoms with Crippen LogP contribution < -0.4 is 0 Å². The number of aromatic nitrogens is 4. The van der Waals surface area contributed by atoms with Gasteiger partial charge in [-0.1, -0.05) is 6.92 Å². The lowest BCUT2D eigenvalue weighted by molar-refractivity contribution is -0.134. The van der Waals surface area contributed by atoms with Gasteiger partial charge in [-0.25, -0.2) is 4.98 Å². The van der Waals surface area contributed by atoms with E-state index in [2.05, 4.69) is 26.5 Å². The third kappa shape index (κ3) is 3.51. The summed E-state index contributed by atoms with van der Waals surface area (Å²) in [6, 6.07) is 0.172. The van der Waals surface area contributed by atoms with Gasteiger partial charge in [0.05, 0.1) is 12.2 Å². The van der Waals surface area contributed by atoms with E-state index in [-0.39, 0.29) is 11.9 Å². The molecule has 1 aliphatic heterocycles. The van der Waals surface area contributed by atoms with E-state index in [9.17, 15) is 4.79 Å². The van der Waals surface area contributed by atoms with E-state index < -0.39 is 0 Å². The van der Waals surface area contributed by atoms with E-state index in [0.717, 1.165) is 37.4 Å². The van der Waals surface area contributed by atoms with Gasteiger partial charge in [0.25, 0.3) is 0 Å². The molecule has 2 aromatic rings.